The van der Waals surface area contributed by atoms with Crippen molar-refractivity contribution >= 4 is 88.4 Å². The second-order valence-corrected chi connectivity index (χ2v) is 18.3. The number of rotatable bonds is 0. The van der Waals surface area contributed by atoms with Gasteiger partial charge in [0, 0.05) is 41.8 Å². The topological polar surface area (TPSA) is 0 Å². The minimum atomic E-state index is 0.994. The number of fused-ring (bicyclic) bond motifs is 4. The summed E-state index contributed by atoms with van der Waals surface area (Å²) < 4.78 is 0. The molecule has 0 spiro atoms. The van der Waals surface area contributed by atoms with Crippen molar-refractivity contribution in [1.29, 1.82) is 0 Å². The van der Waals surface area contributed by atoms with Gasteiger partial charge < -0.3 is 0 Å². The fraction of sp³-hybridized carbons (Fsp3) is 0.0800. The molecular weight excluding hydrogens is 729 g/mol. The Morgan fingerprint density at radius 3 is 0.722 bits per heavy atom. The first kappa shape index (κ1) is 34.0. The number of benzene rings is 5. The summed E-state index contributed by atoms with van der Waals surface area (Å²) in [6.07, 6.45) is 0. The molecule has 0 saturated carbocycles. The van der Waals surface area contributed by atoms with E-state index in [9.17, 15) is 0 Å². The molecule has 4 aromatic heterocycles. The smallest absolute Gasteiger partial charge is 0.0775 e. The first-order valence-corrected chi connectivity index (χ1v) is 20.9. The van der Waals surface area contributed by atoms with E-state index in [-0.39, 0.29) is 0 Å². The van der Waals surface area contributed by atoms with E-state index in [1.165, 1.54) is 19.5 Å². The van der Waals surface area contributed by atoms with E-state index < -0.39 is 0 Å². The number of aryl methyl sites for hydroxylation is 4. The van der Waals surface area contributed by atoms with Crippen molar-refractivity contribution in [3.63, 3.8) is 0 Å². The van der Waals surface area contributed by atoms with Crippen LogP contribution in [0.5, 0.6) is 0 Å². The van der Waals surface area contributed by atoms with Crippen molar-refractivity contribution in [3.05, 3.63) is 170 Å². The quantitative estimate of drug-likeness (QED) is 0.107. The van der Waals surface area contributed by atoms with E-state index in [4.69, 9.17) is 0 Å². The highest BCUT2D eigenvalue weighted by molar-refractivity contribution is 7.13. The standard InChI is InChI=1S/C50H30S4/c1-31-13-17-35(51-31)21-25-43-39-9-5-6-10-40(39)44(26-22-36-18-14-32(2)52-36)48-30-50-46(28-24-38-20-16-34(4)54-38)42-12-8-7-11-41(42)45(49(50)29-47(43)48)27-23-37-19-15-33(3)53-37/h5-20,29-30H,1-4H3. The van der Waals surface area contributed by atoms with Crippen LogP contribution in [0.3, 0.4) is 0 Å². The molecule has 9 aromatic rings. The predicted octanol–water partition coefficient (Wildman–Crippen LogP) is 13.4. The molecule has 254 valence electrons. The third-order valence-corrected chi connectivity index (χ3v) is 13.0. The zero-order chi connectivity index (χ0) is 36.8. The van der Waals surface area contributed by atoms with Gasteiger partial charge in [0.05, 0.1) is 19.5 Å². The molecule has 0 N–H and O–H groups in total. The molecule has 5 aromatic carbocycles. The fourth-order valence-electron chi connectivity index (χ4n) is 6.89. The van der Waals surface area contributed by atoms with Gasteiger partial charge in [0.1, 0.15) is 0 Å². The van der Waals surface area contributed by atoms with Crippen LogP contribution in [0, 0.1) is 75.1 Å². The summed E-state index contributed by atoms with van der Waals surface area (Å²) in [4.78, 5) is 9.18. The summed E-state index contributed by atoms with van der Waals surface area (Å²) in [5.74, 6) is 28.8. The van der Waals surface area contributed by atoms with Crippen molar-refractivity contribution < 1.29 is 0 Å². The molecule has 4 heterocycles. The maximum absolute atomic E-state index is 3.66. The average molecular weight is 759 g/mol. The first-order valence-electron chi connectivity index (χ1n) is 17.6. The van der Waals surface area contributed by atoms with Crippen LogP contribution in [0.25, 0.3) is 43.1 Å². The normalized spacial score (nSPS) is 10.7. The minimum Gasteiger partial charge on any atom is -0.132 e. The van der Waals surface area contributed by atoms with Crippen LogP contribution in [0.2, 0.25) is 0 Å². The molecule has 0 atom stereocenters. The van der Waals surface area contributed by atoms with Crippen LogP contribution in [0.4, 0.5) is 0 Å². The van der Waals surface area contributed by atoms with Crippen LogP contribution >= 0.6 is 45.3 Å². The molecule has 9 rings (SSSR count). The van der Waals surface area contributed by atoms with Crippen LogP contribution < -0.4 is 0 Å². The van der Waals surface area contributed by atoms with Crippen LogP contribution in [-0.2, 0) is 0 Å². The van der Waals surface area contributed by atoms with E-state index in [1.54, 1.807) is 45.3 Å². The predicted molar refractivity (Wildman–Crippen MR) is 237 cm³/mol. The Kier molecular flexibility index (Phi) is 8.93. The minimum absolute atomic E-state index is 0.994. The molecule has 0 aliphatic rings. The van der Waals surface area contributed by atoms with E-state index in [0.717, 1.165) is 84.9 Å². The van der Waals surface area contributed by atoms with Crippen LogP contribution in [0.15, 0.2) is 109 Å². The molecule has 54 heavy (non-hydrogen) atoms. The second kappa shape index (κ2) is 14.2. The van der Waals surface area contributed by atoms with Gasteiger partial charge in [-0.2, -0.15) is 0 Å². The maximum atomic E-state index is 3.66. The van der Waals surface area contributed by atoms with Gasteiger partial charge in [-0.25, -0.2) is 0 Å². The SMILES string of the molecule is Cc1ccc(C#Cc2c3ccccc3c(C#Cc3ccc(C)s3)c3cc4c(C#Cc5ccc(C)s5)c5ccccc5c(C#Cc5ccc(C)s5)c4cc23)s1. The monoisotopic (exact) mass is 758 g/mol. The Hall–Kier alpha value is -5.82. The van der Waals surface area contributed by atoms with Gasteiger partial charge in [-0.1, -0.05) is 95.9 Å². The van der Waals surface area contributed by atoms with E-state index >= 15 is 0 Å². The largest absolute Gasteiger partial charge is 0.132 e. The lowest BCUT2D eigenvalue weighted by atomic mass is 9.86. The van der Waals surface area contributed by atoms with Crippen molar-refractivity contribution in [3.8, 4) is 47.4 Å². The van der Waals surface area contributed by atoms with Gasteiger partial charge in [-0.3, -0.25) is 0 Å². The van der Waals surface area contributed by atoms with Crippen LogP contribution in [0.1, 0.15) is 61.3 Å². The lowest BCUT2D eigenvalue weighted by Gasteiger charge is -2.16. The maximum Gasteiger partial charge on any atom is 0.0775 e. The number of hydrogen-bond acceptors (Lipinski definition) is 4. The number of thiophene rings is 4. The highest BCUT2D eigenvalue weighted by Crippen LogP contribution is 2.40. The first-order chi connectivity index (χ1) is 26.4. The lowest BCUT2D eigenvalue weighted by Crippen LogP contribution is -1.95. The molecule has 0 amide bonds. The molecule has 0 unspecified atom stereocenters. The van der Waals surface area contributed by atoms with Crippen LogP contribution in [-0.4, -0.2) is 0 Å². The molecule has 0 radical (unpaired) electrons. The zero-order valence-electron chi connectivity index (χ0n) is 30.0. The summed E-state index contributed by atoms with van der Waals surface area (Å²) in [5, 5.41) is 8.61. The molecule has 0 nitrogen and oxygen atoms in total. The highest BCUT2D eigenvalue weighted by atomic mass is 32.1. The van der Waals surface area contributed by atoms with Gasteiger partial charge in [-0.15, -0.1) is 45.3 Å². The highest BCUT2D eigenvalue weighted by Gasteiger charge is 2.18. The lowest BCUT2D eigenvalue weighted by molar-refractivity contribution is 1.64. The molecule has 0 fully saturated rings. The van der Waals surface area contributed by atoms with Gasteiger partial charge in [0.25, 0.3) is 0 Å². The Labute approximate surface area is 331 Å². The zero-order valence-corrected chi connectivity index (χ0v) is 33.3. The third kappa shape index (κ3) is 6.53. The second-order valence-electron chi connectivity index (χ2n) is 13.2. The fourth-order valence-corrected chi connectivity index (χ4v) is 9.77. The van der Waals surface area contributed by atoms with Crippen molar-refractivity contribution in [2.75, 3.05) is 0 Å². The Morgan fingerprint density at radius 1 is 0.278 bits per heavy atom. The average Bonchev–Trinajstić information content (AvgIpc) is 4.00. The molecule has 4 heteroatoms. The molecular formula is C50H30S4. The summed E-state index contributed by atoms with van der Waals surface area (Å²) in [7, 11) is 0. The van der Waals surface area contributed by atoms with Gasteiger partial charge in [0.2, 0.25) is 0 Å². The van der Waals surface area contributed by atoms with Gasteiger partial charge in [0.15, 0.2) is 0 Å². The van der Waals surface area contributed by atoms with Crippen molar-refractivity contribution in [2.24, 2.45) is 0 Å². The Morgan fingerprint density at radius 2 is 0.519 bits per heavy atom. The Bertz CT molecular complexity index is 2800. The van der Waals surface area contributed by atoms with E-state index in [2.05, 4.69) is 184 Å². The summed E-state index contributed by atoms with van der Waals surface area (Å²) in [6.45, 7) is 8.50. The summed E-state index contributed by atoms with van der Waals surface area (Å²) in [6, 6.07) is 38.8. The summed E-state index contributed by atoms with van der Waals surface area (Å²) in [5.41, 5.74) is 3.98. The van der Waals surface area contributed by atoms with Crippen molar-refractivity contribution in [2.45, 2.75) is 27.7 Å². The molecule has 0 aliphatic carbocycles. The van der Waals surface area contributed by atoms with Gasteiger partial charge in [-0.05, 0) is 131 Å². The Balaban J connectivity index is 1.45. The molecule has 0 saturated heterocycles. The summed E-state index contributed by atoms with van der Waals surface area (Å²) >= 11 is 6.89. The van der Waals surface area contributed by atoms with Gasteiger partial charge >= 0.3 is 0 Å². The third-order valence-electron chi connectivity index (χ3n) is 9.37. The van der Waals surface area contributed by atoms with E-state index in [0.29, 0.717) is 0 Å². The molecule has 0 bridgehead atoms. The van der Waals surface area contributed by atoms with Crippen molar-refractivity contribution in [1.82, 2.24) is 0 Å². The number of hydrogen-bond donors (Lipinski definition) is 0. The van der Waals surface area contributed by atoms with E-state index in [1.807, 2.05) is 0 Å². The molecule has 0 aliphatic heterocycles.